The zero-order chi connectivity index (χ0) is 17.7. The highest BCUT2D eigenvalue weighted by molar-refractivity contribution is 9.11. The highest BCUT2D eigenvalue weighted by Crippen LogP contribution is 2.37. The van der Waals surface area contributed by atoms with Gasteiger partial charge in [-0.3, -0.25) is 0 Å². The molecule has 0 aromatic carbocycles. The van der Waals surface area contributed by atoms with Crippen molar-refractivity contribution >= 4 is 48.3 Å². The molecule has 5 nitrogen and oxygen atoms in total. The summed E-state index contributed by atoms with van der Waals surface area (Å²) in [6.45, 7) is 1.73. The van der Waals surface area contributed by atoms with Crippen LogP contribution in [0.15, 0.2) is 58.8 Å². The van der Waals surface area contributed by atoms with E-state index in [4.69, 9.17) is 0 Å². The molecule has 3 aromatic rings. The molecule has 0 saturated carbocycles. The van der Waals surface area contributed by atoms with Crippen molar-refractivity contribution in [3.05, 3.63) is 58.8 Å². The van der Waals surface area contributed by atoms with Gasteiger partial charge in [0.2, 0.25) is 10.0 Å². The predicted molar refractivity (Wildman–Crippen MR) is 104 cm³/mol. The summed E-state index contributed by atoms with van der Waals surface area (Å²) in [5.74, 6) is 0. The van der Waals surface area contributed by atoms with Gasteiger partial charge < -0.3 is 0 Å². The molecule has 0 radical (unpaired) electrons. The Morgan fingerprint density at radius 1 is 1.32 bits per heavy atom. The van der Waals surface area contributed by atoms with E-state index < -0.39 is 14.8 Å². The monoisotopic (exact) mass is 435 g/mol. The molecule has 1 aliphatic rings. The first-order chi connectivity index (χ1) is 11.9. The zero-order valence-electron chi connectivity index (χ0n) is 13.3. The normalized spacial score (nSPS) is 20.8. The van der Waals surface area contributed by atoms with Crippen LogP contribution in [0.2, 0.25) is 0 Å². The fourth-order valence-electron chi connectivity index (χ4n) is 2.95. The first-order valence-electron chi connectivity index (χ1n) is 7.58. The van der Waals surface area contributed by atoms with E-state index in [2.05, 4.69) is 25.9 Å². The summed E-state index contributed by atoms with van der Waals surface area (Å²) in [4.78, 5) is 8.66. The largest absolute Gasteiger partial charge is 0.249 e. The molecular formula is C17H14BrN3O2S2. The lowest BCUT2D eigenvalue weighted by molar-refractivity contribution is 0.554. The van der Waals surface area contributed by atoms with Crippen LogP contribution in [0.5, 0.6) is 0 Å². The van der Waals surface area contributed by atoms with Crippen molar-refractivity contribution in [2.24, 2.45) is 0 Å². The Labute approximate surface area is 157 Å². The quantitative estimate of drug-likeness (QED) is 0.613. The first kappa shape index (κ1) is 16.7. The Hall–Kier alpha value is -1.77. The molecule has 0 N–H and O–H groups in total. The number of hydrogen-bond acceptors (Lipinski definition) is 5. The number of halogens is 1. The minimum Gasteiger partial charge on any atom is -0.244 e. The maximum absolute atomic E-state index is 13.5. The van der Waals surface area contributed by atoms with Crippen LogP contribution >= 0.6 is 27.3 Å². The minimum absolute atomic E-state index is 0.406. The topological polar surface area (TPSA) is 64.8 Å². The van der Waals surface area contributed by atoms with Gasteiger partial charge in [0.25, 0.3) is 0 Å². The van der Waals surface area contributed by atoms with Gasteiger partial charge in [0.15, 0.2) is 5.65 Å². The van der Waals surface area contributed by atoms with Gasteiger partial charge in [-0.2, -0.15) is 0 Å². The van der Waals surface area contributed by atoms with Gasteiger partial charge in [-0.05, 0) is 31.6 Å². The lowest BCUT2D eigenvalue weighted by Crippen LogP contribution is -2.38. The van der Waals surface area contributed by atoms with Crippen molar-refractivity contribution in [2.45, 2.75) is 18.1 Å². The Morgan fingerprint density at radius 3 is 2.88 bits per heavy atom. The number of aromatic nitrogens is 3. The maximum atomic E-state index is 13.5. The summed E-state index contributed by atoms with van der Waals surface area (Å²) in [6.07, 6.45) is 10.8. The third-order valence-electron chi connectivity index (χ3n) is 4.29. The smallest absolute Gasteiger partial charge is 0.244 e. The lowest BCUT2D eigenvalue weighted by atomic mass is 10.0. The van der Waals surface area contributed by atoms with Crippen molar-refractivity contribution in [1.29, 1.82) is 0 Å². The number of rotatable bonds is 3. The van der Waals surface area contributed by atoms with E-state index in [0.29, 0.717) is 12.1 Å². The molecule has 0 aliphatic heterocycles. The molecule has 1 unspecified atom stereocenters. The van der Waals surface area contributed by atoms with Gasteiger partial charge >= 0.3 is 0 Å². The predicted octanol–water partition coefficient (Wildman–Crippen LogP) is 4.34. The Balaban J connectivity index is 1.97. The average Bonchev–Trinajstić information content (AvgIpc) is 3.22. The summed E-state index contributed by atoms with van der Waals surface area (Å²) in [6, 6.07) is 3.68. The van der Waals surface area contributed by atoms with Crippen molar-refractivity contribution < 1.29 is 8.42 Å². The Bertz CT molecular complexity index is 1110. The molecular weight excluding hydrogens is 422 g/mol. The molecule has 0 fully saturated rings. The molecule has 0 spiro atoms. The number of fused-ring (bicyclic) bond motifs is 1. The Morgan fingerprint density at radius 2 is 2.16 bits per heavy atom. The Kier molecular flexibility index (Phi) is 3.93. The number of thiazole rings is 1. The van der Waals surface area contributed by atoms with Crippen LogP contribution in [0.1, 0.15) is 13.3 Å². The second-order valence-electron chi connectivity index (χ2n) is 6.00. The minimum atomic E-state index is -3.72. The molecule has 1 aliphatic carbocycles. The van der Waals surface area contributed by atoms with E-state index in [1.54, 1.807) is 37.7 Å². The van der Waals surface area contributed by atoms with E-state index in [0.717, 1.165) is 20.4 Å². The van der Waals surface area contributed by atoms with Gasteiger partial charge in [0, 0.05) is 39.4 Å². The first-order valence-corrected chi connectivity index (χ1v) is 10.7. The van der Waals surface area contributed by atoms with Gasteiger partial charge in [-0.15, -0.1) is 11.3 Å². The summed E-state index contributed by atoms with van der Waals surface area (Å²) in [7, 11) is -3.72. The molecule has 128 valence electrons. The van der Waals surface area contributed by atoms with E-state index in [1.807, 2.05) is 23.6 Å². The molecule has 1 atom stereocenters. The number of pyridine rings is 1. The fraction of sp³-hybridized carbons (Fsp3) is 0.176. The molecule has 0 amide bonds. The summed E-state index contributed by atoms with van der Waals surface area (Å²) >= 11 is 4.86. The van der Waals surface area contributed by atoms with Crippen LogP contribution in [0.3, 0.4) is 0 Å². The van der Waals surface area contributed by atoms with Gasteiger partial charge in [-0.25, -0.2) is 22.4 Å². The van der Waals surface area contributed by atoms with Gasteiger partial charge in [0.1, 0.15) is 9.75 Å². The second-order valence-corrected chi connectivity index (χ2v) is 10.1. The molecule has 3 aromatic heterocycles. The van der Waals surface area contributed by atoms with Crippen LogP contribution in [-0.2, 0) is 10.0 Å². The number of nitrogens with zero attached hydrogens (tertiary/aromatic N) is 3. The van der Waals surface area contributed by atoms with Crippen molar-refractivity contribution in [2.75, 3.05) is 0 Å². The van der Waals surface area contributed by atoms with Crippen LogP contribution in [0, 0.1) is 0 Å². The van der Waals surface area contributed by atoms with E-state index >= 15 is 0 Å². The van der Waals surface area contributed by atoms with Crippen LogP contribution in [-0.4, -0.2) is 27.1 Å². The zero-order valence-corrected chi connectivity index (χ0v) is 16.5. The third kappa shape index (κ3) is 2.59. The van der Waals surface area contributed by atoms with E-state index in [-0.39, 0.29) is 0 Å². The number of hydrogen-bond donors (Lipinski definition) is 0. The molecule has 25 heavy (non-hydrogen) atoms. The molecule has 0 bridgehead atoms. The lowest BCUT2D eigenvalue weighted by Gasteiger charge is -2.27. The van der Waals surface area contributed by atoms with Crippen molar-refractivity contribution in [3.63, 3.8) is 0 Å². The van der Waals surface area contributed by atoms with E-state index in [1.165, 1.54) is 15.3 Å². The molecule has 4 rings (SSSR count). The van der Waals surface area contributed by atoms with Crippen LogP contribution < -0.4 is 0 Å². The summed E-state index contributed by atoms with van der Waals surface area (Å²) in [5, 5.41) is 3.42. The highest BCUT2D eigenvalue weighted by Gasteiger charge is 2.40. The summed E-state index contributed by atoms with van der Waals surface area (Å²) in [5.41, 5.74) is 1.20. The third-order valence-corrected chi connectivity index (χ3v) is 7.85. The number of allylic oxidation sites excluding steroid dienone is 3. The maximum Gasteiger partial charge on any atom is 0.249 e. The van der Waals surface area contributed by atoms with Crippen molar-refractivity contribution in [3.8, 4) is 10.6 Å². The van der Waals surface area contributed by atoms with Crippen LogP contribution in [0.25, 0.3) is 21.6 Å². The highest BCUT2D eigenvalue weighted by atomic mass is 79.9. The van der Waals surface area contributed by atoms with Gasteiger partial charge in [0.05, 0.1) is 0 Å². The fourth-order valence-corrected chi connectivity index (χ4v) is 6.10. The second kappa shape index (κ2) is 5.89. The van der Waals surface area contributed by atoms with Crippen molar-refractivity contribution in [1.82, 2.24) is 13.9 Å². The molecule has 3 heterocycles. The summed E-state index contributed by atoms with van der Waals surface area (Å²) < 4.78 is 27.9. The standard InChI is InChI=1S/C17H14BrN3O2S2/c1-17(6-2-4-12(18)10-17)25(22,23)21-11-14(16-20-8-9-24-16)13-5-3-7-19-15(13)21/h2-5,7-11H,6H2,1H3. The molecule has 8 heteroatoms. The average molecular weight is 436 g/mol. The van der Waals surface area contributed by atoms with Crippen LogP contribution in [0.4, 0.5) is 0 Å². The SMILES string of the molecule is CC1(S(=O)(=O)n2cc(-c3nccs3)c3cccnc32)C=C(Br)C=CC1. The van der Waals surface area contributed by atoms with E-state index in [9.17, 15) is 8.42 Å². The van der Waals surface area contributed by atoms with Gasteiger partial charge in [-0.1, -0.05) is 28.1 Å². The molecule has 0 saturated heterocycles.